The molecule has 0 aromatic carbocycles. The number of nitrogens with zero attached hydrogens (tertiary/aromatic N) is 2. The Hall–Kier alpha value is -0.980. The molecule has 1 atom stereocenters. The Labute approximate surface area is 124 Å². The molecule has 0 fully saturated rings. The minimum Gasteiger partial charge on any atom is -0.318 e. The zero-order chi connectivity index (χ0) is 14.8. The largest absolute Gasteiger partial charge is 0.318 e. The van der Waals surface area contributed by atoms with Gasteiger partial charge in [-0.2, -0.15) is 0 Å². The lowest BCUT2D eigenvalue weighted by atomic mass is 9.97. The first-order valence-electron chi connectivity index (χ1n) is 7.27. The van der Waals surface area contributed by atoms with Crippen LogP contribution in [0.1, 0.15) is 44.2 Å². The smallest absolute Gasteiger partial charge is 0.245 e. The molecule has 0 radical (unpaired) electrons. The fraction of sp³-hybridized carbons (Fsp3) is 0.714. The number of nitrogens with one attached hydrogen (secondary N) is 1. The van der Waals surface area contributed by atoms with Crippen LogP contribution in [-0.4, -0.2) is 34.4 Å². The van der Waals surface area contributed by atoms with Crippen molar-refractivity contribution < 1.29 is 4.79 Å². The highest BCUT2D eigenvalue weighted by Gasteiger charge is 2.28. The zero-order valence-electron chi connectivity index (χ0n) is 12.5. The van der Waals surface area contributed by atoms with Gasteiger partial charge in [-0.05, 0) is 19.9 Å². The second kappa shape index (κ2) is 6.20. The third-order valence-corrected chi connectivity index (χ3v) is 4.76. The number of aromatic nitrogens is 1. The predicted molar refractivity (Wildman–Crippen MR) is 82.9 cm³/mol. The summed E-state index contributed by atoms with van der Waals surface area (Å²) in [7, 11) is 0. The number of carbonyl (C=O) groups is 1. The number of fused-ring (bicyclic) bond motifs is 1. The van der Waals surface area contributed by atoms with Crippen LogP contribution in [0.15, 0.2) is 0 Å². The van der Waals surface area contributed by atoms with E-state index < -0.39 is 5.54 Å². The molecule has 2 heterocycles. The minimum absolute atomic E-state index is 0.141. The van der Waals surface area contributed by atoms with E-state index in [-0.39, 0.29) is 5.91 Å². The van der Waals surface area contributed by atoms with Crippen molar-refractivity contribution in [3.8, 4) is 0 Å². The minimum atomic E-state index is -0.823. The van der Waals surface area contributed by atoms with Crippen LogP contribution in [0.25, 0.3) is 0 Å². The van der Waals surface area contributed by atoms with Gasteiger partial charge in [-0.15, -0.1) is 11.3 Å². The third-order valence-electron chi connectivity index (χ3n) is 3.77. The van der Waals surface area contributed by atoms with Gasteiger partial charge in [0.2, 0.25) is 5.91 Å². The molecule has 0 aliphatic carbocycles. The number of anilines is 1. The normalized spacial score (nSPS) is 18.4. The number of rotatable bonds is 5. The number of carbonyl (C=O) groups excluding carboxylic acids is 1. The fourth-order valence-corrected chi connectivity index (χ4v) is 3.49. The molecule has 0 bridgehead atoms. The van der Waals surface area contributed by atoms with Crippen LogP contribution in [-0.2, 0) is 17.8 Å². The predicted octanol–water partition coefficient (Wildman–Crippen LogP) is 1.98. The number of amides is 1. The lowest BCUT2D eigenvalue weighted by Gasteiger charge is -2.23. The van der Waals surface area contributed by atoms with Crippen molar-refractivity contribution in [2.45, 2.75) is 52.1 Å². The Morgan fingerprint density at radius 2 is 2.30 bits per heavy atom. The average Bonchev–Trinajstić information content (AvgIpc) is 2.79. The first-order valence-corrected chi connectivity index (χ1v) is 8.09. The number of hydrogen-bond acceptors (Lipinski definition) is 5. The standard InChI is InChI=1S/C14H24N4OS/c1-4-7-14(3,15)12(19)17-13-16-10-6-8-18(5-2)9-11(10)20-13/h4-9,15H2,1-3H3,(H,16,17,19). The zero-order valence-corrected chi connectivity index (χ0v) is 13.3. The Bertz CT molecular complexity index is 484. The number of likely N-dealkylation sites (N-methyl/N-ethyl adjacent to an activating group) is 1. The number of hydrogen-bond donors (Lipinski definition) is 2. The summed E-state index contributed by atoms with van der Waals surface area (Å²) in [6.07, 6.45) is 2.53. The van der Waals surface area contributed by atoms with E-state index in [0.717, 1.165) is 38.2 Å². The van der Waals surface area contributed by atoms with Crippen molar-refractivity contribution in [1.82, 2.24) is 9.88 Å². The molecule has 2 rings (SSSR count). The summed E-state index contributed by atoms with van der Waals surface area (Å²) >= 11 is 1.58. The monoisotopic (exact) mass is 296 g/mol. The molecule has 1 aromatic rings. The van der Waals surface area contributed by atoms with Gasteiger partial charge in [0.05, 0.1) is 11.2 Å². The van der Waals surface area contributed by atoms with Gasteiger partial charge >= 0.3 is 0 Å². The maximum absolute atomic E-state index is 12.2. The summed E-state index contributed by atoms with van der Waals surface area (Å²) in [5.41, 5.74) is 6.35. The van der Waals surface area contributed by atoms with Gasteiger partial charge in [0, 0.05) is 24.4 Å². The van der Waals surface area contributed by atoms with Crippen LogP contribution in [0, 0.1) is 0 Å². The van der Waals surface area contributed by atoms with Gasteiger partial charge < -0.3 is 11.1 Å². The number of nitrogens with two attached hydrogens (primary N) is 1. The van der Waals surface area contributed by atoms with Gasteiger partial charge in [-0.3, -0.25) is 9.69 Å². The van der Waals surface area contributed by atoms with E-state index in [1.165, 1.54) is 4.88 Å². The van der Waals surface area contributed by atoms with Gasteiger partial charge in [-0.25, -0.2) is 4.98 Å². The van der Waals surface area contributed by atoms with Crippen molar-refractivity contribution in [2.75, 3.05) is 18.4 Å². The van der Waals surface area contributed by atoms with E-state index in [4.69, 9.17) is 5.73 Å². The summed E-state index contributed by atoms with van der Waals surface area (Å²) in [5.74, 6) is -0.141. The molecule has 1 aliphatic heterocycles. The SMILES string of the molecule is CCCC(C)(N)C(=O)Nc1nc2c(s1)CN(CC)CC2. The molecule has 0 saturated carbocycles. The summed E-state index contributed by atoms with van der Waals surface area (Å²) in [6.45, 7) is 9.01. The van der Waals surface area contributed by atoms with E-state index in [0.29, 0.717) is 11.6 Å². The Morgan fingerprint density at radius 1 is 1.55 bits per heavy atom. The maximum Gasteiger partial charge on any atom is 0.245 e. The van der Waals surface area contributed by atoms with Crippen LogP contribution in [0.2, 0.25) is 0 Å². The summed E-state index contributed by atoms with van der Waals surface area (Å²) in [6, 6.07) is 0. The van der Waals surface area contributed by atoms with Crippen LogP contribution < -0.4 is 11.1 Å². The molecule has 5 nitrogen and oxygen atoms in total. The molecule has 1 unspecified atom stereocenters. The van der Waals surface area contributed by atoms with Gasteiger partial charge in [0.15, 0.2) is 5.13 Å². The summed E-state index contributed by atoms with van der Waals surface area (Å²) in [4.78, 5) is 20.4. The molecule has 1 aliphatic rings. The van der Waals surface area contributed by atoms with Crippen molar-refractivity contribution in [3.63, 3.8) is 0 Å². The van der Waals surface area contributed by atoms with Gasteiger partial charge in [0.1, 0.15) is 0 Å². The van der Waals surface area contributed by atoms with Crippen LogP contribution in [0.3, 0.4) is 0 Å². The second-order valence-corrected chi connectivity index (χ2v) is 6.71. The van der Waals surface area contributed by atoms with E-state index in [9.17, 15) is 4.79 Å². The quantitative estimate of drug-likeness (QED) is 0.871. The highest BCUT2D eigenvalue weighted by Crippen LogP contribution is 2.28. The van der Waals surface area contributed by atoms with Crippen molar-refractivity contribution in [1.29, 1.82) is 0 Å². The van der Waals surface area contributed by atoms with Crippen molar-refractivity contribution >= 4 is 22.4 Å². The lowest BCUT2D eigenvalue weighted by molar-refractivity contribution is -0.120. The van der Waals surface area contributed by atoms with Crippen molar-refractivity contribution in [2.24, 2.45) is 5.73 Å². The molecule has 0 spiro atoms. The molecular formula is C14H24N4OS. The number of thiazole rings is 1. The maximum atomic E-state index is 12.2. The average molecular weight is 296 g/mol. The van der Waals surface area contributed by atoms with E-state index in [2.05, 4.69) is 22.1 Å². The third kappa shape index (κ3) is 3.37. The van der Waals surface area contributed by atoms with Crippen LogP contribution >= 0.6 is 11.3 Å². The van der Waals surface area contributed by atoms with E-state index >= 15 is 0 Å². The Balaban J connectivity index is 2.05. The highest BCUT2D eigenvalue weighted by molar-refractivity contribution is 7.15. The topological polar surface area (TPSA) is 71.2 Å². The van der Waals surface area contributed by atoms with Crippen LogP contribution in [0.4, 0.5) is 5.13 Å². The molecule has 3 N–H and O–H groups in total. The molecular weight excluding hydrogens is 272 g/mol. The Kier molecular flexibility index (Phi) is 4.78. The molecule has 1 aromatic heterocycles. The Morgan fingerprint density at radius 3 is 2.95 bits per heavy atom. The first kappa shape index (κ1) is 15.4. The van der Waals surface area contributed by atoms with E-state index in [1.807, 2.05) is 6.92 Å². The molecule has 1 amide bonds. The molecule has 6 heteroatoms. The highest BCUT2D eigenvalue weighted by atomic mass is 32.1. The first-order chi connectivity index (χ1) is 9.46. The van der Waals surface area contributed by atoms with Crippen molar-refractivity contribution in [3.05, 3.63) is 10.6 Å². The molecule has 112 valence electrons. The summed E-state index contributed by atoms with van der Waals surface area (Å²) < 4.78 is 0. The van der Waals surface area contributed by atoms with Gasteiger partial charge in [0.25, 0.3) is 0 Å². The molecule has 20 heavy (non-hydrogen) atoms. The molecule has 0 saturated heterocycles. The summed E-state index contributed by atoms with van der Waals surface area (Å²) in [5, 5.41) is 3.57. The van der Waals surface area contributed by atoms with Gasteiger partial charge in [-0.1, -0.05) is 20.3 Å². The van der Waals surface area contributed by atoms with E-state index in [1.54, 1.807) is 18.3 Å². The second-order valence-electron chi connectivity index (χ2n) is 5.63. The lowest BCUT2D eigenvalue weighted by Crippen LogP contribution is -2.48. The fourth-order valence-electron chi connectivity index (χ4n) is 2.44. The van der Waals surface area contributed by atoms with Crippen LogP contribution in [0.5, 0.6) is 0 Å².